The van der Waals surface area contributed by atoms with Crippen LogP contribution in [0.4, 0.5) is 0 Å². The molecule has 20 heavy (non-hydrogen) atoms. The van der Waals surface area contributed by atoms with Gasteiger partial charge in [-0.3, -0.25) is 0 Å². The monoisotopic (exact) mass is 283 g/mol. The van der Waals surface area contributed by atoms with Gasteiger partial charge in [0.2, 0.25) is 0 Å². The molecule has 1 N–H and O–H groups in total. The molecule has 0 amide bonds. The molecule has 0 aliphatic carbocycles. The lowest BCUT2D eigenvalue weighted by atomic mass is 9.81. The fourth-order valence-corrected chi connectivity index (χ4v) is 3.82. The van der Waals surface area contributed by atoms with Crippen molar-refractivity contribution in [3.05, 3.63) is 0 Å². The lowest BCUT2D eigenvalue weighted by Gasteiger charge is -2.29. The third kappa shape index (κ3) is 5.37. The molecule has 0 radical (unpaired) electrons. The third-order valence-corrected chi connectivity index (χ3v) is 5.12. The van der Waals surface area contributed by atoms with Gasteiger partial charge in [-0.05, 0) is 32.7 Å². The van der Waals surface area contributed by atoms with E-state index in [9.17, 15) is 0 Å². The summed E-state index contributed by atoms with van der Waals surface area (Å²) in [5.74, 6) is 1.36. The molecule has 1 aliphatic rings. The van der Waals surface area contributed by atoms with Crippen molar-refractivity contribution in [3.8, 4) is 0 Å². The quantitative estimate of drug-likeness (QED) is 0.583. The molecular formula is C18H37NO. The van der Waals surface area contributed by atoms with Gasteiger partial charge in [-0.15, -0.1) is 0 Å². The van der Waals surface area contributed by atoms with Crippen molar-refractivity contribution in [1.29, 1.82) is 0 Å². The van der Waals surface area contributed by atoms with Crippen LogP contribution in [0, 0.1) is 11.8 Å². The van der Waals surface area contributed by atoms with Crippen LogP contribution in [0.3, 0.4) is 0 Å². The maximum Gasteiger partial charge on any atom is 0.0597 e. The summed E-state index contributed by atoms with van der Waals surface area (Å²) in [6, 6.07) is 0.640. The van der Waals surface area contributed by atoms with E-state index in [4.69, 9.17) is 4.74 Å². The maximum absolute atomic E-state index is 6.03. The summed E-state index contributed by atoms with van der Waals surface area (Å²) in [6.45, 7) is 12.4. The molecule has 0 bridgehead atoms. The molecule has 1 heterocycles. The zero-order chi connectivity index (χ0) is 15.0. The van der Waals surface area contributed by atoms with Gasteiger partial charge in [0.15, 0.2) is 0 Å². The number of hydrogen-bond acceptors (Lipinski definition) is 2. The Morgan fingerprint density at radius 1 is 0.900 bits per heavy atom. The lowest BCUT2D eigenvalue weighted by molar-refractivity contribution is 0.0471. The van der Waals surface area contributed by atoms with Crippen LogP contribution in [-0.2, 0) is 4.74 Å². The molecule has 1 fully saturated rings. The van der Waals surface area contributed by atoms with E-state index in [2.05, 4.69) is 39.9 Å². The average Bonchev–Trinajstić information content (AvgIpc) is 2.66. The number of rotatable bonds is 10. The maximum atomic E-state index is 6.03. The second kappa shape index (κ2) is 9.78. The van der Waals surface area contributed by atoms with Gasteiger partial charge in [0.25, 0.3) is 0 Å². The molecule has 0 aromatic carbocycles. The van der Waals surface area contributed by atoms with Crippen LogP contribution in [0.25, 0.3) is 0 Å². The van der Waals surface area contributed by atoms with Crippen molar-refractivity contribution in [2.75, 3.05) is 6.54 Å². The minimum absolute atomic E-state index is 0.407. The minimum Gasteiger partial charge on any atom is -0.375 e. The topological polar surface area (TPSA) is 21.3 Å². The Morgan fingerprint density at radius 2 is 1.55 bits per heavy atom. The van der Waals surface area contributed by atoms with E-state index >= 15 is 0 Å². The Hall–Kier alpha value is -0.0800. The van der Waals surface area contributed by atoms with Crippen molar-refractivity contribution in [2.24, 2.45) is 11.8 Å². The second-order valence-electron chi connectivity index (χ2n) is 6.70. The highest BCUT2D eigenvalue weighted by Crippen LogP contribution is 2.36. The van der Waals surface area contributed by atoms with Gasteiger partial charge in [-0.1, -0.05) is 59.3 Å². The highest BCUT2D eigenvalue weighted by Gasteiger charge is 2.40. The Kier molecular flexibility index (Phi) is 8.79. The average molecular weight is 284 g/mol. The first kappa shape index (κ1) is 18.0. The van der Waals surface area contributed by atoms with Crippen LogP contribution in [0.15, 0.2) is 0 Å². The molecule has 0 aromatic heterocycles. The number of ether oxygens (including phenoxy) is 1. The molecule has 1 aliphatic heterocycles. The van der Waals surface area contributed by atoms with Crippen LogP contribution >= 0.6 is 0 Å². The van der Waals surface area contributed by atoms with Gasteiger partial charge in [-0.2, -0.15) is 0 Å². The number of nitrogens with one attached hydrogen (secondary N) is 1. The van der Waals surface area contributed by atoms with E-state index in [0.717, 1.165) is 6.54 Å². The first-order chi connectivity index (χ1) is 9.61. The normalized spacial score (nSPS) is 31.6. The molecule has 0 aromatic rings. The first-order valence-electron chi connectivity index (χ1n) is 9.00. The van der Waals surface area contributed by atoms with Gasteiger partial charge in [-0.25, -0.2) is 0 Å². The fourth-order valence-electron chi connectivity index (χ4n) is 3.82. The van der Waals surface area contributed by atoms with Crippen molar-refractivity contribution in [3.63, 3.8) is 0 Å². The zero-order valence-corrected chi connectivity index (χ0v) is 14.5. The molecule has 5 unspecified atom stereocenters. The summed E-state index contributed by atoms with van der Waals surface area (Å²) in [4.78, 5) is 0. The van der Waals surface area contributed by atoms with E-state index in [1.54, 1.807) is 0 Å². The van der Waals surface area contributed by atoms with Gasteiger partial charge in [0.1, 0.15) is 0 Å². The highest BCUT2D eigenvalue weighted by molar-refractivity contribution is 4.91. The summed E-state index contributed by atoms with van der Waals surface area (Å²) in [5.41, 5.74) is 0. The largest absolute Gasteiger partial charge is 0.375 e. The molecule has 5 atom stereocenters. The van der Waals surface area contributed by atoms with Crippen molar-refractivity contribution in [2.45, 2.75) is 97.8 Å². The van der Waals surface area contributed by atoms with Gasteiger partial charge in [0.05, 0.1) is 12.2 Å². The smallest absolute Gasteiger partial charge is 0.0597 e. The van der Waals surface area contributed by atoms with Crippen LogP contribution in [0.1, 0.15) is 79.6 Å². The van der Waals surface area contributed by atoms with E-state index in [1.165, 1.54) is 44.9 Å². The number of hydrogen-bond donors (Lipinski definition) is 1. The Bertz CT molecular complexity index is 244. The van der Waals surface area contributed by atoms with Crippen molar-refractivity contribution < 1.29 is 4.74 Å². The Balaban J connectivity index is 2.36. The minimum atomic E-state index is 0.407. The van der Waals surface area contributed by atoms with Crippen LogP contribution < -0.4 is 5.32 Å². The summed E-state index contributed by atoms with van der Waals surface area (Å²) >= 11 is 0. The predicted molar refractivity (Wildman–Crippen MR) is 88.1 cm³/mol. The third-order valence-electron chi connectivity index (χ3n) is 5.12. The second-order valence-corrected chi connectivity index (χ2v) is 6.70. The van der Waals surface area contributed by atoms with Crippen LogP contribution in [-0.4, -0.2) is 24.8 Å². The van der Waals surface area contributed by atoms with Gasteiger partial charge < -0.3 is 10.1 Å². The van der Waals surface area contributed by atoms with E-state index in [1.807, 2.05) is 0 Å². The summed E-state index contributed by atoms with van der Waals surface area (Å²) in [6.07, 6.45) is 10.5. The molecule has 1 saturated heterocycles. The zero-order valence-electron chi connectivity index (χ0n) is 14.5. The van der Waals surface area contributed by atoms with Gasteiger partial charge >= 0.3 is 0 Å². The molecule has 0 saturated carbocycles. The Morgan fingerprint density at radius 3 is 2.10 bits per heavy atom. The first-order valence-corrected chi connectivity index (χ1v) is 9.00. The highest BCUT2D eigenvalue weighted by atomic mass is 16.5. The standard InChI is InChI=1S/C18H37NO/c1-6-8-9-10-11-12-13-17(19-7-2)18-14(3)15(4)20-16(18)5/h14-19H,6-13H2,1-5H3. The molecule has 120 valence electrons. The molecule has 0 spiro atoms. The van der Waals surface area contributed by atoms with Crippen LogP contribution in [0.5, 0.6) is 0 Å². The molecule has 1 rings (SSSR count). The molecule has 2 nitrogen and oxygen atoms in total. The summed E-state index contributed by atoms with van der Waals surface area (Å²) < 4.78 is 6.03. The van der Waals surface area contributed by atoms with Crippen molar-refractivity contribution in [1.82, 2.24) is 5.32 Å². The predicted octanol–water partition coefficient (Wildman–Crippen LogP) is 4.77. The lowest BCUT2D eigenvalue weighted by Crippen LogP contribution is -2.41. The van der Waals surface area contributed by atoms with Crippen LogP contribution in [0.2, 0.25) is 0 Å². The van der Waals surface area contributed by atoms with Crippen molar-refractivity contribution >= 4 is 0 Å². The number of unbranched alkanes of at least 4 members (excludes halogenated alkanes) is 5. The van der Waals surface area contributed by atoms with Gasteiger partial charge in [0, 0.05) is 12.0 Å². The molecular weight excluding hydrogens is 246 g/mol. The summed E-state index contributed by atoms with van der Waals surface area (Å²) in [5, 5.41) is 3.73. The van der Waals surface area contributed by atoms with E-state index in [-0.39, 0.29) is 0 Å². The fraction of sp³-hybridized carbons (Fsp3) is 1.00. The summed E-state index contributed by atoms with van der Waals surface area (Å²) in [7, 11) is 0. The molecule has 2 heteroatoms. The Labute approximate surface area is 127 Å². The SMILES string of the molecule is CCCCCCCCC(NCC)C1C(C)OC(C)C1C. The van der Waals surface area contributed by atoms with E-state index < -0.39 is 0 Å². The van der Waals surface area contributed by atoms with E-state index in [0.29, 0.717) is 30.1 Å².